The summed E-state index contributed by atoms with van der Waals surface area (Å²) in [5.74, 6) is 0.0874. The Morgan fingerprint density at radius 1 is 1.07 bits per heavy atom. The monoisotopic (exact) mass is 210 g/mol. The Kier molecular flexibility index (Phi) is 2.75. The fourth-order valence-electron chi connectivity index (χ4n) is 2.64. The molecule has 0 radical (unpaired) electrons. The molecule has 3 N–H and O–H groups in total. The third kappa shape index (κ3) is 2.17. The normalized spacial score (nSPS) is 27.9. The van der Waals surface area contributed by atoms with E-state index >= 15 is 0 Å². The van der Waals surface area contributed by atoms with Gasteiger partial charge >= 0.3 is 0 Å². The van der Waals surface area contributed by atoms with Gasteiger partial charge in [-0.2, -0.15) is 0 Å². The minimum Gasteiger partial charge on any atom is -0.349 e. The number of nitrogens with two attached hydrogens (primary N) is 1. The second kappa shape index (κ2) is 3.78. The van der Waals surface area contributed by atoms with E-state index in [2.05, 4.69) is 12.2 Å². The number of hydrogen-bond acceptors (Lipinski definition) is 2. The van der Waals surface area contributed by atoms with Crippen LogP contribution in [0, 0.1) is 0 Å². The Labute approximate surface area is 91.8 Å². The predicted molar refractivity (Wildman–Crippen MR) is 60.4 cm³/mol. The molecule has 1 amide bonds. The van der Waals surface area contributed by atoms with Gasteiger partial charge in [-0.25, -0.2) is 0 Å². The van der Waals surface area contributed by atoms with Crippen LogP contribution in [0.25, 0.3) is 0 Å². The molecule has 0 spiro atoms. The fourth-order valence-corrected chi connectivity index (χ4v) is 2.64. The molecule has 2 saturated carbocycles. The highest BCUT2D eigenvalue weighted by atomic mass is 16.2. The standard InChI is InChI=1S/C12H22N2O/c1-11(6-5-7-11)14-10(15)12(13)8-3-2-4-9-12/h2-9,13H2,1H3,(H,14,15). The Morgan fingerprint density at radius 2 is 1.67 bits per heavy atom. The lowest BCUT2D eigenvalue weighted by atomic mass is 9.76. The summed E-state index contributed by atoms with van der Waals surface area (Å²) in [6.45, 7) is 2.13. The van der Waals surface area contributed by atoms with Crippen LogP contribution in [-0.2, 0) is 4.79 Å². The molecule has 15 heavy (non-hydrogen) atoms. The van der Waals surface area contributed by atoms with Crippen LogP contribution in [0.5, 0.6) is 0 Å². The van der Waals surface area contributed by atoms with Gasteiger partial charge in [-0.1, -0.05) is 19.3 Å². The molecule has 3 nitrogen and oxygen atoms in total. The maximum atomic E-state index is 12.1. The summed E-state index contributed by atoms with van der Waals surface area (Å²) in [7, 11) is 0. The van der Waals surface area contributed by atoms with Gasteiger partial charge in [-0.05, 0) is 39.0 Å². The van der Waals surface area contributed by atoms with Gasteiger partial charge in [0.25, 0.3) is 0 Å². The number of carbonyl (C=O) groups excluding carboxylic acids is 1. The first-order valence-corrected chi connectivity index (χ1v) is 6.16. The molecule has 2 fully saturated rings. The number of hydrogen-bond donors (Lipinski definition) is 2. The molecule has 0 atom stereocenters. The molecule has 0 aromatic carbocycles. The molecule has 0 aliphatic heterocycles. The topological polar surface area (TPSA) is 55.1 Å². The van der Waals surface area contributed by atoms with Gasteiger partial charge in [0.15, 0.2) is 0 Å². The van der Waals surface area contributed by atoms with E-state index in [4.69, 9.17) is 5.73 Å². The van der Waals surface area contributed by atoms with E-state index in [1.54, 1.807) is 0 Å². The first-order valence-electron chi connectivity index (χ1n) is 6.16. The summed E-state index contributed by atoms with van der Waals surface area (Å²) in [4.78, 5) is 12.1. The quantitative estimate of drug-likeness (QED) is 0.729. The molecule has 3 heteroatoms. The summed E-state index contributed by atoms with van der Waals surface area (Å²) in [6, 6.07) is 0. The van der Waals surface area contributed by atoms with Crippen molar-refractivity contribution in [2.24, 2.45) is 5.73 Å². The average molecular weight is 210 g/mol. The van der Waals surface area contributed by atoms with Gasteiger partial charge in [-0.15, -0.1) is 0 Å². The molecule has 0 aromatic rings. The third-order valence-corrected chi connectivity index (χ3v) is 4.07. The highest BCUT2D eigenvalue weighted by Gasteiger charge is 2.40. The van der Waals surface area contributed by atoms with Crippen molar-refractivity contribution in [3.8, 4) is 0 Å². The van der Waals surface area contributed by atoms with Gasteiger partial charge < -0.3 is 11.1 Å². The van der Waals surface area contributed by atoms with Crippen molar-refractivity contribution in [2.45, 2.75) is 69.4 Å². The highest BCUT2D eigenvalue weighted by molar-refractivity contribution is 5.86. The van der Waals surface area contributed by atoms with Crippen LogP contribution in [0.1, 0.15) is 58.3 Å². The summed E-state index contributed by atoms with van der Waals surface area (Å²) in [5.41, 5.74) is 5.65. The largest absolute Gasteiger partial charge is 0.349 e. The van der Waals surface area contributed by atoms with Crippen molar-refractivity contribution in [3.63, 3.8) is 0 Å². The van der Waals surface area contributed by atoms with E-state index < -0.39 is 5.54 Å². The van der Waals surface area contributed by atoms with Crippen LogP contribution in [0.15, 0.2) is 0 Å². The van der Waals surface area contributed by atoms with Crippen molar-refractivity contribution >= 4 is 5.91 Å². The van der Waals surface area contributed by atoms with Crippen LogP contribution in [-0.4, -0.2) is 17.0 Å². The molecule has 2 aliphatic rings. The molecule has 2 aliphatic carbocycles. The number of amides is 1. The fraction of sp³-hybridized carbons (Fsp3) is 0.917. The zero-order valence-corrected chi connectivity index (χ0v) is 9.64. The number of rotatable bonds is 2. The van der Waals surface area contributed by atoms with E-state index in [1.807, 2.05) is 0 Å². The number of nitrogens with one attached hydrogen (secondary N) is 1. The first-order chi connectivity index (χ1) is 7.04. The Bertz CT molecular complexity index is 252. The van der Waals surface area contributed by atoms with Crippen molar-refractivity contribution in [2.75, 3.05) is 0 Å². The molecular weight excluding hydrogens is 188 g/mol. The summed E-state index contributed by atoms with van der Waals surface area (Å²) < 4.78 is 0. The highest BCUT2D eigenvalue weighted by Crippen LogP contribution is 2.33. The minimum absolute atomic E-state index is 0.0426. The Hall–Kier alpha value is -0.570. The van der Waals surface area contributed by atoms with Gasteiger partial charge in [0, 0.05) is 5.54 Å². The lowest BCUT2D eigenvalue weighted by Gasteiger charge is -2.42. The van der Waals surface area contributed by atoms with Gasteiger partial charge in [0.1, 0.15) is 0 Å². The number of carbonyl (C=O) groups is 1. The van der Waals surface area contributed by atoms with E-state index in [1.165, 1.54) is 12.8 Å². The van der Waals surface area contributed by atoms with Crippen molar-refractivity contribution in [1.82, 2.24) is 5.32 Å². The van der Waals surface area contributed by atoms with E-state index in [0.29, 0.717) is 0 Å². The van der Waals surface area contributed by atoms with Crippen molar-refractivity contribution in [3.05, 3.63) is 0 Å². The van der Waals surface area contributed by atoms with Gasteiger partial charge in [0.2, 0.25) is 5.91 Å². The second-order valence-corrected chi connectivity index (χ2v) is 5.59. The summed E-state index contributed by atoms with van der Waals surface area (Å²) in [5, 5.41) is 3.14. The molecular formula is C12H22N2O. The van der Waals surface area contributed by atoms with Crippen LogP contribution < -0.4 is 11.1 Å². The predicted octanol–water partition coefficient (Wildman–Crippen LogP) is 1.71. The Morgan fingerprint density at radius 3 is 2.13 bits per heavy atom. The molecule has 86 valence electrons. The van der Waals surface area contributed by atoms with E-state index in [-0.39, 0.29) is 11.4 Å². The van der Waals surface area contributed by atoms with Crippen LogP contribution in [0.2, 0.25) is 0 Å². The molecule has 0 aromatic heterocycles. The summed E-state index contributed by atoms with van der Waals surface area (Å²) in [6.07, 6.45) is 8.58. The average Bonchev–Trinajstić information content (AvgIpc) is 2.16. The zero-order valence-electron chi connectivity index (χ0n) is 9.64. The smallest absolute Gasteiger partial charge is 0.240 e. The van der Waals surface area contributed by atoms with Crippen LogP contribution in [0.3, 0.4) is 0 Å². The Balaban J connectivity index is 1.94. The molecule has 0 unspecified atom stereocenters. The lowest BCUT2D eigenvalue weighted by Crippen LogP contribution is -2.62. The maximum Gasteiger partial charge on any atom is 0.240 e. The first kappa shape index (κ1) is 10.9. The van der Waals surface area contributed by atoms with Crippen LogP contribution >= 0.6 is 0 Å². The van der Waals surface area contributed by atoms with Gasteiger partial charge in [0.05, 0.1) is 5.54 Å². The second-order valence-electron chi connectivity index (χ2n) is 5.59. The molecule has 0 heterocycles. The van der Waals surface area contributed by atoms with E-state index in [0.717, 1.165) is 38.5 Å². The van der Waals surface area contributed by atoms with Gasteiger partial charge in [-0.3, -0.25) is 4.79 Å². The zero-order chi connectivity index (χ0) is 10.9. The lowest BCUT2D eigenvalue weighted by molar-refractivity contribution is -0.130. The van der Waals surface area contributed by atoms with E-state index in [9.17, 15) is 4.79 Å². The molecule has 0 bridgehead atoms. The molecule has 2 rings (SSSR count). The maximum absolute atomic E-state index is 12.1. The summed E-state index contributed by atoms with van der Waals surface area (Å²) >= 11 is 0. The van der Waals surface area contributed by atoms with Crippen molar-refractivity contribution in [1.29, 1.82) is 0 Å². The van der Waals surface area contributed by atoms with Crippen LogP contribution in [0.4, 0.5) is 0 Å². The SMILES string of the molecule is CC1(NC(=O)C2(N)CCCCC2)CCC1. The third-order valence-electron chi connectivity index (χ3n) is 4.07. The van der Waals surface area contributed by atoms with Crippen molar-refractivity contribution < 1.29 is 4.79 Å². The molecule has 0 saturated heterocycles. The minimum atomic E-state index is -0.573.